The van der Waals surface area contributed by atoms with Crippen LogP contribution in [0, 0.1) is 0 Å². The van der Waals surface area contributed by atoms with Gasteiger partial charge in [0.15, 0.2) is 5.82 Å². The quantitative estimate of drug-likeness (QED) is 0.819. The van der Waals surface area contributed by atoms with Gasteiger partial charge in [0, 0.05) is 50.9 Å². The minimum absolute atomic E-state index is 0.0161. The molecule has 1 fully saturated rings. The fraction of sp³-hybridized carbons (Fsp3) is 0.474. The summed E-state index contributed by atoms with van der Waals surface area (Å²) in [6, 6.07) is 10.2. The van der Waals surface area contributed by atoms with Crippen molar-refractivity contribution < 1.29 is 9.53 Å². The van der Waals surface area contributed by atoms with Crippen molar-refractivity contribution in [1.29, 1.82) is 0 Å². The summed E-state index contributed by atoms with van der Waals surface area (Å²) < 4.78 is 7.24. The summed E-state index contributed by atoms with van der Waals surface area (Å²) in [5, 5.41) is 10.8. The number of rotatable bonds is 6. The molecule has 2 aromatic rings. The van der Waals surface area contributed by atoms with Gasteiger partial charge in [-0.15, -0.1) is 0 Å². The van der Waals surface area contributed by atoms with Gasteiger partial charge >= 0.3 is 0 Å². The molecule has 1 atom stereocenters. The topological polar surface area (TPSA) is 71.4 Å². The van der Waals surface area contributed by atoms with Crippen LogP contribution >= 0.6 is 0 Å². The number of aromatic nitrogens is 2. The summed E-state index contributed by atoms with van der Waals surface area (Å²) in [7, 11) is 0. The Labute approximate surface area is 153 Å². The van der Waals surface area contributed by atoms with Crippen LogP contribution in [-0.4, -0.2) is 53.4 Å². The summed E-state index contributed by atoms with van der Waals surface area (Å²) in [5.74, 6) is 0.598. The number of ether oxygens (including phenoxy) is 1. The van der Waals surface area contributed by atoms with E-state index in [0.29, 0.717) is 12.2 Å². The maximum absolute atomic E-state index is 12.4. The molecule has 7 nitrogen and oxygen atoms in total. The molecule has 2 aliphatic rings. The lowest BCUT2D eigenvalue weighted by Crippen LogP contribution is -2.38. The van der Waals surface area contributed by atoms with Crippen molar-refractivity contribution in [3.8, 4) is 0 Å². The summed E-state index contributed by atoms with van der Waals surface area (Å²) in [5.41, 5.74) is 2.50. The van der Waals surface area contributed by atoms with Gasteiger partial charge in [0.05, 0.1) is 19.8 Å². The van der Waals surface area contributed by atoms with Crippen LogP contribution in [0.25, 0.3) is 0 Å². The highest BCUT2D eigenvalue weighted by Gasteiger charge is 2.23. The molecule has 1 unspecified atom stereocenters. The van der Waals surface area contributed by atoms with Crippen molar-refractivity contribution in [1.82, 2.24) is 20.0 Å². The third kappa shape index (κ3) is 4.12. The first-order valence-electron chi connectivity index (χ1n) is 9.22. The zero-order valence-corrected chi connectivity index (χ0v) is 14.9. The lowest BCUT2D eigenvalue weighted by molar-refractivity contribution is -0.116. The molecule has 0 saturated carbocycles. The number of carbonyl (C=O) groups is 1. The maximum Gasteiger partial charge on any atom is 0.227 e. The number of fused-ring (bicyclic) bond motifs is 1. The Hall–Kier alpha value is -2.22. The van der Waals surface area contributed by atoms with Crippen LogP contribution in [0.4, 0.5) is 5.82 Å². The Bertz CT molecular complexity index is 754. The second-order valence-corrected chi connectivity index (χ2v) is 6.80. The first-order chi connectivity index (χ1) is 12.8. The molecule has 1 aromatic carbocycles. The molecule has 0 aliphatic carbocycles. The van der Waals surface area contributed by atoms with Crippen LogP contribution in [0.15, 0.2) is 36.5 Å². The number of anilines is 1. The molecule has 1 aromatic heterocycles. The Kier molecular flexibility index (Phi) is 5.29. The highest BCUT2D eigenvalue weighted by Crippen LogP contribution is 2.27. The van der Waals surface area contributed by atoms with E-state index in [1.54, 1.807) is 0 Å². The lowest BCUT2D eigenvalue weighted by atomic mass is 10.0. The number of hydrogen-bond donors (Lipinski definition) is 2. The molecule has 138 valence electrons. The number of nitrogens with one attached hydrogen (secondary N) is 2. The van der Waals surface area contributed by atoms with Gasteiger partial charge in [-0.3, -0.25) is 14.4 Å². The Morgan fingerprint density at radius 1 is 1.23 bits per heavy atom. The first-order valence-corrected chi connectivity index (χ1v) is 9.22. The van der Waals surface area contributed by atoms with E-state index >= 15 is 0 Å². The standard InChI is InChI=1S/C19H25N5O2/c25-19(13-17-16-4-2-1-3-15(16)14-20-17)21-18-5-6-24(22-18)8-7-23-9-11-26-12-10-23/h1-6,17,20H,7-14H2,(H,21,22,25). The SMILES string of the molecule is O=C(CC1NCc2ccccc21)Nc1ccn(CCN2CCOCC2)n1. The van der Waals surface area contributed by atoms with E-state index < -0.39 is 0 Å². The molecule has 0 radical (unpaired) electrons. The van der Waals surface area contributed by atoms with Gasteiger partial charge in [-0.25, -0.2) is 0 Å². The van der Waals surface area contributed by atoms with E-state index in [1.807, 2.05) is 29.1 Å². The summed E-state index contributed by atoms with van der Waals surface area (Å²) in [4.78, 5) is 14.7. The van der Waals surface area contributed by atoms with E-state index in [4.69, 9.17) is 4.74 Å². The first kappa shape index (κ1) is 17.2. The zero-order valence-electron chi connectivity index (χ0n) is 14.9. The van der Waals surface area contributed by atoms with E-state index in [-0.39, 0.29) is 11.9 Å². The van der Waals surface area contributed by atoms with Crippen molar-refractivity contribution in [3.05, 3.63) is 47.7 Å². The summed E-state index contributed by atoms with van der Waals surface area (Å²) >= 11 is 0. The average molecular weight is 355 g/mol. The minimum atomic E-state index is -0.0161. The van der Waals surface area contributed by atoms with Crippen LogP contribution in [0.1, 0.15) is 23.6 Å². The van der Waals surface area contributed by atoms with E-state index in [9.17, 15) is 4.79 Å². The van der Waals surface area contributed by atoms with Gasteiger partial charge in [-0.2, -0.15) is 5.10 Å². The molecular weight excluding hydrogens is 330 g/mol. The van der Waals surface area contributed by atoms with E-state index in [0.717, 1.165) is 45.9 Å². The Balaban J connectivity index is 1.26. The highest BCUT2D eigenvalue weighted by molar-refractivity contribution is 5.90. The number of hydrogen-bond acceptors (Lipinski definition) is 5. The molecule has 2 N–H and O–H groups in total. The lowest BCUT2D eigenvalue weighted by Gasteiger charge is -2.26. The van der Waals surface area contributed by atoms with Gasteiger partial charge in [0.1, 0.15) is 0 Å². The smallest absolute Gasteiger partial charge is 0.227 e. The van der Waals surface area contributed by atoms with Gasteiger partial charge < -0.3 is 15.4 Å². The van der Waals surface area contributed by atoms with Crippen molar-refractivity contribution in [2.75, 3.05) is 38.2 Å². The molecule has 26 heavy (non-hydrogen) atoms. The fourth-order valence-electron chi connectivity index (χ4n) is 3.56. The molecule has 1 amide bonds. The van der Waals surface area contributed by atoms with Gasteiger partial charge in [0.2, 0.25) is 5.91 Å². The van der Waals surface area contributed by atoms with Crippen LogP contribution < -0.4 is 10.6 Å². The van der Waals surface area contributed by atoms with Crippen LogP contribution in [0.2, 0.25) is 0 Å². The molecule has 3 heterocycles. The summed E-state index contributed by atoms with van der Waals surface area (Å²) in [6.07, 6.45) is 2.33. The number of benzene rings is 1. The Morgan fingerprint density at radius 3 is 2.96 bits per heavy atom. The zero-order chi connectivity index (χ0) is 17.8. The number of morpholine rings is 1. The largest absolute Gasteiger partial charge is 0.379 e. The fourth-order valence-corrected chi connectivity index (χ4v) is 3.56. The summed E-state index contributed by atoms with van der Waals surface area (Å²) in [6.45, 7) is 6.14. The second-order valence-electron chi connectivity index (χ2n) is 6.80. The van der Waals surface area contributed by atoms with Gasteiger partial charge in [0.25, 0.3) is 0 Å². The average Bonchev–Trinajstić information content (AvgIpc) is 3.28. The minimum Gasteiger partial charge on any atom is -0.379 e. The molecule has 1 saturated heterocycles. The number of carbonyl (C=O) groups excluding carboxylic acids is 1. The van der Waals surface area contributed by atoms with Crippen LogP contribution in [0.3, 0.4) is 0 Å². The molecule has 7 heteroatoms. The second kappa shape index (κ2) is 7.99. The van der Waals surface area contributed by atoms with Crippen LogP contribution in [0.5, 0.6) is 0 Å². The molecular formula is C19H25N5O2. The van der Waals surface area contributed by atoms with Gasteiger partial charge in [-0.1, -0.05) is 24.3 Å². The predicted molar refractivity (Wildman–Crippen MR) is 98.8 cm³/mol. The monoisotopic (exact) mass is 355 g/mol. The molecule has 0 spiro atoms. The maximum atomic E-state index is 12.4. The van der Waals surface area contributed by atoms with Crippen molar-refractivity contribution in [2.24, 2.45) is 0 Å². The molecule has 2 aliphatic heterocycles. The number of nitrogens with zero attached hydrogens (tertiary/aromatic N) is 3. The van der Waals surface area contributed by atoms with Crippen molar-refractivity contribution in [2.45, 2.75) is 25.6 Å². The molecule has 4 rings (SSSR count). The normalized spacial score (nSPS) is 20.1. The van der Waals surface area contributed by atoms with E-state index in [2.05, 4.69) is 32.8 Å². The molecule has 0 bridgehead atoms. The number of amides is 1. The van der Waals surface area contributed by atoms with Crippen molar-refractivity contribution in [3.63, 3.8) is 0 Å². The van der Waals surface area contributed by atoms with Crippen molar-refractivity contribution >= 4 is 11.7 Å². The predicted octanol–water partition coefficient (Wildman–Crippen LogP) is 1.39. The van der Waals surface area contributed by atoms with E-state index in [1.165, 1.54) is 11.1 Å². The Morgan fingerprint density at radius 2 is 2.08 bits per heavy atom. The van der Waals surface area contributed by atoms with Crippen LogP contribution in [-0.2, 0) is 22.6 Å². The highest BCUT2D eigenvalue weighted by atomic mass is 16.5. The third-order valence-corrected chi connectivity index (χ3v) is 5.02. The van der Waals surface area contributed by atoms with Gasteiger partial charge in [-0.05, 0) is 11.1 Å². The third-order valence-electron chi connectivity index (χ3n) is 5.02.